The van der Waals surface area contributed by atoms with Crippen molar-refractivity contribution in [2.45, 2.75) is 38.0 Å². The van der Waals surface area contributed by atoms with Gasteiger partial charge in [-0.1, -0.05) is 92.1 Å². The average molecular weight is 532 g/mol. The van der Waals surface area contributed by atoms with Crippen molar-refractivity contribution < 1.29 is 0 Å². The molecule has 0 spiro atoms. The number of imidazole rings is 1. The van der Waals surface area contributed by atoms with Crippen LogP contribution in [0.15, 0.2) is 109 Å². The third-order valence-corrected chi connectivity index (χ3v) is 8.40. The second-order valence-corrected chi connectivity index (χ2v) is 11.0. The summed E-state index contributed by atoms with van der Waals surface area (Å²) in [5.41, 5.74) is 8.65. The lowest BCUT2D eigenvalue weighted by Gasteiger charge is -2.21. The Morgan fingerprint density at radius 3 is 2.00 bits per heavy atom. The van der Waals surface area contributed by atoms with E-state index in [4.69, 9.17) is 19.9 Å². The lowest BCUT2D eigenvalue weighted by molar-refractivity contribution is 0.428. The van der Waals surface area contributed by atoms with E-state index in [1.165, 1.54) is 30.2 Å². The Bertz CT molecular complexity index is 2020. The molecule has 1 saturated carbocycles. The summed E-state index contributed by atoms with van der Waals surface area (Å²) in [5, 5.41) is 1.18. The fourth-order valence-electron chi connectivity index (χ4n) is 6.24. The number of para-hydroxylation sites is 2. The van der Waals surface area contributed by atoms with E-state index in [1.807, 2.05) is 24.3 Å². The normalized spacial score (nSPS) is 14.2. The molecule has 0 bridgehead atoms. The molecule has 0 saturated heterocycles. The summed E-state index contributed by atoms with van der Waals surface area (Å²) in [5.74, 6) is 2.85. The molecule has 0 unspecified atom stereocenters. The van der Waals surface area contributed by atoms with Crippen molar-refractivity contribution in [2.24, 2.45) is 0 Å². The van der Waals surface area contributed by atoms with Gasteiger partial charge < -0.3 is 0 Å². The van der Waals surface area contributed by atoms with E-state index >= 15 is 0 Å². The molecule has 5 nitrogen and oxygen atoms in total. The Kier molecular flexibility index (Phi) is 5.80. The highest BCUT2D eigenvalue weighted by molar-refractivity contribution is 5.92. The van der Waals surface area contributed by atoms with E-state index in [0.717, 1.165) is 69.2 Å². The minimum atomic E-state index is 0.406. The number of rotatable bonds is 4. The first kappa shape index (κ1) is 23.9. The zero-order chi connectivity index (χ0) is 27.2. The number of hydrogen-bond donors (Lipinski definition) is 0. The topological polar surface area (TPSA) is 56.0 Å². The molecule has 4 aromatic carbocycles. The molecule has 198 valence electrons. The van der Waals surface area contributed by atoms with Crippen molar-refractivity contribution in [3.8, 4) is 33.9 Å². The Morgan fingerprint density at radius 1 is 0.512 bits per heavy atom. The molecule has 0 radical (unpaired) electrons. The molecule has 3 aromatic heterocycles. The maximum atomic E-state index is 5.01. The number of nitrogens with zero attached hydrogens (tertiary/aromatic N) is 5. The molecule has 0 amide bonds. The molecule has 0 aliphatic heterocycles. The molecule has 1 fully saturated rings. The maximum absolute atomic E-state index is 5.01. The largest absolute Gasteiger partial charge is 0.292 e. The van der Waals surface area contributed by atoms with Crippen LogP contribution in [-0.4, -0.2) is 24.3 Å². The third kappa shape index (κ3) is 4.34. The Labute approximate surface area is 238 Å². The summed E-state index contributed by atoms with van der Waals surface area (Å²) in [4.78, 5) is 19.7. The zero-order valence-electron chi connectivity index (χ0n) is 22.7. The van der Waals surface area contributed by atoms with E-state index in [1.54, 1.807) is 0 Å². The van der Waals surface area contributed by atoms with Crippen LogP contribution in [0.3, 0.4) is 0 Å². The van der Waals surface area contributed by atoms with Crippen molar-refractivity contribution in [2.75, 3.05) is 0 Å². The highest BCUT2D eigenvalue weighted by atomic mass is 15.0. The molecule has 1 aliphatic carbocycles. The van der Waals surface area contributed by atoms with Crippen LogP contribution in [0, 0.1) is 0 Å². The number of aromatic nitrogens is 5. The van der Waals surface area contributed by atoms with Crippen molar-refractivity contribution in [3.63, 3.8) is 0 Å². The molecule has 0 atom stereocenters. The van der Waals surface area contributed by atoms with E-state index in [0.29, 0.717) is 5.92 Å². The van der Waals surface area contributed by atoms with Crippen LogP contribution in [0.2, 0.25) is 0 Å². The van der Waals surface area contributed by atoms with Gasteiger partial charge in [-0.3, -0.25) is 4.40 Å². The fourth-order valence-corrected chi connectivity index (χ4v) is 6.24. The van der Waals surface area contributed by atoms with Gasteiger partial charge in [0.25, 0.3) is 0 Å². The van der Waals surface area contributed by atoms with Gasteiger partial charge in [-0.2, -0.15) is 0 Å². The van der Waals surface area contributed by atoms with Crippen LogP contribution in [-0.2, 0) is 0 Å². The summed E-state index contributed by atoms with van der Waals surface area (Å²) >= 11 is 0. The summed E-state index contributed by atoms with van der Waals surface area (Å²) in [7, 11) is 0. The molecular weight excluding hydrogens is 502 g/mol. The minimum Gasteiger partial charge on any atom is -0.292 e. The van der Waals surface area contributed by atoms with Crippen molar-refractivity contribution in [1.29, 1.82) is 0 Å². The Hall–Kier alpha value is -4.90. The van der Waals surface area contributed by atoms with E-state index in [-0.39, 0.29) is 0 Å². The van der Waals surface area contributed by atoms with Crippen LogP contribution < -0.4 is 0 Å². The van der Waals surface area contributed by atoms with Crippen molar-refractivity contribution >= 4 is 27.6 Å². The van der Waals surface area contributed by atoms with Crippen LogP contribution in [0.4, 0.5) is 0 Å². The predicted octanol–water partition coefficient (Wildman–Crippen LogP) is 8.87. The predicted molar refractivity (Wildman–Crippen MR) is 166 cm³/mol. The standard InChI is InChI=1S/C36H29N5/c1-3-9-25(10-4-1)34-38-35(26-11-5-2-6-12-26)40-36(39-34)27-17-15-24(16-18-27)28-19-21-31-29(23-28)20-22-33-37-30-13-7-8-14-32(30)41(31)33/h1,3-4,7-10,13-23,26H,2,5-6,11-12H2. The van der Waals surface area contributed by atoms with Gasteiger partial charge >= 0.3 is 0 Å². The first-order valence-corrected chi connectivity index (χ1v) is 14.5. The first-order chi connectivity index (χ1) is 20.3. The lowest BCUT2D eigenvalue weighted by atomic mass is 9.88. The van der Waals surface area contributed by atoms with E-state index < -0.39 is 0 Å². The van der Waals surface area contributed by atoms with Crippen molar-refractivity contribution in [3.05, 3.63) is 115 Å². The second-order valence-electron chi connectivity index (χ2n) is 11.0. The van der Waals surface area contributed by atoms with Crippen LogP contribution in [0.5, 0.6) is 0 Å². The minimum absolute atomic E-state index is 0.406. The van der Waals surface area contributed by atoms with Gasteiger partial charge in [0.2, 0.25) is 0 Å². The Morgan fingerprint density at radius 2 is 1.20 bits per heavy atom. The molecule has 1 aliphatic rings. The summed E-state index contributed by atoms with van der Waals surface area (Å²) in [6.45, 7) is 0. The molecule has 41 heavy (non-hydrogen) atoms. The molecule has 7 aromatic rings. The van der Waals surface area contributed by atoms with Gasteiger partial charge in [0.15, 0.2) is 11.6 Å². The van der Waals surface area contributed by atoms with Gasteiger partial charge in [-0.15, -0.1) is 0 Å². The number of benzene rings is 4. The van der Waals surface area contributed by atoms with Gasteiger partial charge in [0, 0.05) is 17.0 Å². The average Bonchev–Trinajstić information content (AvgIpc) is 3.44. The van der Waals surface area contributed by atoms with Gasteiger partial charge in [-0.05, 0) is 65.8 Å². The SMILES string of the molecule is c1ccc(-c2nc(-c3ccc(-c4ccc5c(ccc6nc7ccccc7n65)c4)cc3)nc(C3CCCCC3)n2)cc1. The maximum Gasteiger partial charge on any atom is 0.163 e. The van der Waals surface area contributed by atoms with Gasteiger partial charge in [-0.25, -0.2) is 19.9 Å². The smallest absolute Gasteiger partial charge is 0.163 e. The number of pyridine rings is 1. The van der Waals surface area contributed by atoms with E-state index in [9.17, 15) is 0 Å². The van der Waals surface area contributed by atoms with Crippen molar-refractivity contribution in [1.82, 2.24) is 24.3 Å². The van der Waals surface area contributed by atoms with Crippen LogP contribution >= 0.6 is 0 Å². The van der Waals surface area contributed by atoms with Crippen LogP contribution in [0.25, 0.3) is 61.5 Å². The molecule has 0 N–H and O–H groups in total. The van der Waals surface area contributed by atoms with Gasteiger partial charge in [0.1, 0.15) is 11.5 Å². The van der Waals surface area contributed by atoms with E-state index in [2.05, 4.69) is 89.3 Å². The summed E-state index contributed by atoms with van der Waals surface area (Å²) in [6.07, 6.45) is 6.10. The summed E-state index contributed by atoms with van der Waals surface area (Å²) in [6, 6.07) is 38.1. The zero-order valence-corrected chi connectivity index (χ0v) is 22.7. The fraction of sp³-hybridized carbons (Fsp3) is 0.167. The monoisotopic (exact) mass is 531 g/mol. The van der Waals surface area contributed by atoms with Crippen LogP contribution in [0.1, 0.15) is 43.8 Å². The third-order valence-electron chi connectivity index (χ3n) is 8.40. The highest BCUT2D eigenvalue weighted by Gasteiger charge is 2.21. The van der Waals surface area contributed by atoms with Gasteiger partial charge in [0.05, 0.1) is 16.6 Å². The highest BCUT2D eigenvalue weighted by Crippen LogP contribution is 2.33. The molecule has 8 rings (SSSR count). The molecule has 3 heterocycles. The quantitative estimate of drug-likeness (QED) is 0.228. The second kappa shape index (κ2) is 9.93. The number of fused-ring (bicyclic) bond motifs is 5. The molecule has 5 heteroatoms. The number of hydrogen-bond acceptors (Lipinski definition) is 4. The first-order valence-electron chi connectivity index (χ1n) is 14.5. The lowest BCUT2D eigenvalue weighted by Crippen LogP contribution is -2.11. The summed E-state index contributed by atoms with van der Waals surface area (Å²) < 4.78 is 2.24. The Balaban J connectivity index is 1.17. The molecular formula is C36H29N5.